The molecule has 0 saturated heterocycles. The first-order valence-corrected chi connectivity index (χ1v) is 6.89. The van der Waals surface area contributed by atoms with Crippen LogP contribution in [0.5, 0.6) is 0 Å². The summed E-state index contributed by atoms with van der Waals surface area (Å²) in [5, 5.41) is 17.2. The Kier molecular flexibility index (Phi) is 4.61. The topological polar surface area (TPSA) is 86.2 Å². The summed E-state index contributed by atoms with van der Waals surface area (Å²) in [6.45, 7) is 0.553. The van der Waals surface area contributed by atoms with Crippen molar-refractivity contribution < 1.29 is 5.11 Å². The number of hydrogen-bond donors (Lipinski definition) is 3. The number of halogens is 1. The first kappa shape index (κ1) is 14.1. The molecule has 0 aromatic carbocycles. The number of aromatic nitrogens is 1. The summed E-state index contributed by atoms with van der Waals surface area (Å²) in [7, 11) is 0. The van der Waals surface area contributed by atoms with Gasteiger partial charge in [0.15, 0.2) is 0 Å². The molecule has 1 aliphatic carbocycles. The maximum Gasteiger partial charge on any atom is 0.148 e. The third kappa shape index (κ3) is 2.98. The third-order valence-corrected chi connectivity index (χ3v) is 3.91. The summed E-state index contributed by atoms with van der Waals surface area (Å²) in [5.41, 5.74) is 6.01. The van der Waals surface area contributed by atoms with Crippen molar-refractivity contribution in [3.63, 3.8) is 0 Å². The van der Waals surface area contributed by atoms with Gasteiger partial charge < -0.3 is 15.7 Å². The smallest absolute Gasteiger partial charge is 0.148 e. The lowest BCUT2D eigenvalue weighted by atomic mass is 10.2. The number of nitrogens with two attached hydrogens (primary N) is 1. The van der Waals surface area contributed by atoms with E-state index in [0.717, 1.165) is 12.8 Å². The lowest BCUT2D eigenvalue weighted by Crippen LogP contribution is -2.36. The van der Waals surface area contributed by atoms with Gasteiger partial charge in [-0.1, -0.05) is 24.4 Å². The van der Waals surface area contributed by atoms with E-state index in [9.17, 15) is 5.11 Å². The van der Waals surface area contributed by atoms with Crippen molar-refractivity contribution in [3.05, 3.63) is 22.8 Å². The number of anilines is 1. The fraction of sp³-hybridized carbons (Fsp3) is 0.538. The molecule has 2 rings (SSSR count). The van der Waals surface area contributed by atoms with Gasteiger partial charge in [-0.2, -0.15) is 0 Å². The van der Waals surface area contributed by atoms with Crippen LogP contribution in [0.1, 0.15) is 31.2 Å². The standard InChI is InChI=1S/C13H19ClN4O/c14-11-10(12(15)16)5-6-17-13(11)18(7-8-19)9-3-1-2-4-9/h5-6,9,19H,1-4,7-8H2,(H3,15,16). The molecule has 0 atom stereocenters. The number of aliphatic hydroxyl groups excluding tert-OH is 1. The number of pyridine rings is 1. The van der Waals surface area contributed by atoms with Crippen molar-refractivity contribution in [3.8, 4) is 0 Å². The van der Waals surface area contributed by atoms with Gasteiger partial charge in [0.1, 0.15) is 11.7 Å². The summed E-state index contributed by atoms with van der Waals surface area (Å²) in [5.74, 6) is 0.555. The number of hydrogen-bond acceptors (Lipinski definition) is 4. The Labute approximate surface area is 117 Å². The van der Waals surface area contributed by atoms with Crippen LogP contribution in [0.4, 0.5) is 5.82 Å². The Morgan fingerprint density at radius 1 is 1.53 bits per heavy atom. The van der Waals surface area contributed by atoms with Gasteiger partial charge in [0.25, 0.3) is 0 Å². The second kappa shape index (κ2) is 6.21. The molecule has 4 N–H and O–H groups in total. The van der Waals surface area contributed by atoms with Crippen LogP contribution in [0, 0.1) is 5.41 Å². The van der Waals surface area contributed by atoms with Crippen molar-refractivity contribution >= 4 is 23.3 Å². The van der Waals surface area contributed by atoms with Crippen LogP contribution in [-0.2, 0) is 0 Å². The maximum absolute atomic E-state index is 9.25. The van der Waals surface area contributed by atoms with E-state index in [1.54, 1.807) is 12.3 Å². The zero-order valence-corrected chi connectivity index (χ0v) is 11.5. The van der Waals surface area contributed by atoms with Gasteiger partial charge in [-0.15, -0.1) is 0 Å². The highest BCUT2D eigenvalue weighted by atomic mass is 35.5. The van der Waals surface area contributed by atoms with Crippen molar-refractivity contribution in [1.82, 2.24) is 4.98 Å². The van der Waals surface area contributed by atoms with Crippen LogP contribution < -0.4 is 10.6 Å². The molecule has 0 bridgehead atoms. The number of nitrogen functional groups attached to an aromatic ring is 1. The van der Waals surface area contributed by atoms with Crippen LogP contribution in [0.3, 0.4) is 0 Å². The molecule has 104 valence electrons. The second-order valence-electron chi connectivity index (χ2n) is 4.77. The highest BCUT2D eigenvalue weighted by molar-refractivity contribution is 6.36. The molecule has 0 spiro atoms. The molecular formula is C13H19ClN4O. The molecule has 19 heavy (non-hydrogen) atoms. The minimum absolute atomic E-state index is 0.0544. The van der Waals surface area contributed by atoms with E-state index >= 15 is 0 Å². The van der Waals surface area contributed by atoms with Gasteiger partial charge in [-0.05, 0) is 18.9 Å². The van der Waals surface area contributed by atoms with Gasteiger partial charge in [0.05, 0.1) is 11.6 Å². The monoisotopic (exact) mass is 282 g/mol. The number of nitrogens with one attached hydrogen (secondary N) is 1. The lowest BCUT2D eigenvalue weighted by molar-refractivity contribution is 0.297. The van der Waals surface area contributed by atoms with E-state index in [1.807, 2.05) is 4.90 Å². The maximum atomic E-state index is 9.25. The normalized spacial score (nSPS) is 15.7. The van der Waals surface area contributed by atoms with Crippen molar-refractivity contribution in [2.24, 2.45) is 5.73 Å². The predicted octanol–water partition coefficient (Wildman–Crippen LogP) is 1.76. The van der Waals surface area contributed by atoms with Crippen molar-refractivity contribution in [2.75, 3.05) is 18.1 Å². The Hall–Kier alpha value is -1.33. The Morgan fingerprint density at radius 3 is 2.79 bits per heavy atom. The molecule has 5 nitrogen and oxygen atoms in total. The van der Waals surface area contributed by atoms with Crippen LogP contribution in [0.25, 0.3) is 0 Å². The highest BCUT2D eigenvalue weighted by Gasteiger charge is 2.25. The minimum atomic E-state index is -0.0657. The molecule has 0 amide bonds. The molecular weight excluding hydrogens is 264 g/mol. The lowest BCUT2D eigenvalue weighted by Gasteiger charge is -2.30. The van der Waals surface area contributed by atoms with E-state index in [1.165, 1.54) is 12.8 Å². The summed E-state index contributed by atoms with van der Waals surface area (Å²) >= 11 is 6.31. The quantitative estimate of drug-likeness (QED) is 0.567. The van der Waals surface area contributed by atoms with Crippen LogP contribution in [0.15, 0.2) is 12.3 Å². The van der Waals surface area contributed by atoms with Gasteiger partial charge in [0.2, 0.25) is 0 Å². The fourth-order valence-corrected chi connectivity index (χ4v) is 2.95. The summed E-state index contributed by atoms with van der Waals surface area (Å²) in [6, 6.07) is 2.00. The molecule has 1 aliphatic rings. The van der Waals surface area contributed by atoms with E-state index < -0.39 is 0 Å². The predicted molar refractivity (Wildman–Crippen MR) is 77.0 cm³/mol. The average molecular weight is 283 g/mol. The van der Waals surface area contributed by atoms with Crippen molar-refractivity contribution in [1.29, 1.82) is 5.41 Å². The SMILES string of the molecule is N=C(N)c1ccnc(N(CCO)C2CCCC2)c1Cl. The average Bonchev–Trinajstić information content (AvgIpc) is 2.90. The van der Waals surface area contributed by atoms with Crippen LogP contribution in [-0.4, -0.2) is 35.1 Å². The number of aliphatic hydroxyl groups is 1. The van der Waals surface area contributed by atoms with E-state index in [4.69, 9.17) is 22.7 Å². The molecule has 1 heterocycles. The highest BCUT2D eigenvalue weighted by Crippen LogP contribution is 2.32. The van der Waals surface area contributed by atoms with E-state index in [0.29, 0.717) is 29.0 Å². The molecule has 1 saturated carbocycles. The fourth-order valence-electron chi connectivity index (χ4n) is 2.63. The summed E-state index contributed by atoms with van der Waals surface area (Å²) in [6.07, 6.45) is 6.16. The van der Waals surface area contributed by atoms with Crippen molar-refractivity contribution in [2.45, 2.75) is 31.7 Å². The first-order valence-electron chi connectivity index (χ1n) is 6.51. The Bertz CT molecular complexity index is 460. The summed E-state index contributed by atoms with van der Waals surface area (Å²) < 4.78 is 0. The van der Waals surface area contributed by atoms with E-state index in [-0.39, 0.29) is 12.4 Å². The number of rotatable bonds is 5. The molecule has 0 aliphatic heterocycles. The van der Waals surface area contributed by atoms with Gasteiger partial charge >= 0.3 is 0 Å². The molecule has 0 unspecified atom stereocenters. The largest absolute Gasteiger partial charge is 0.395 e. The second-order valence-corrected chi connectivity index (χ2v) is 5.14. The first-order chi connectivity index (χ1) is 9.15. The van der Waals surface area contributed by atoms with Gasteiger partial charge in [-0.25, -0.2) is 4.98 Å². The van der Waals surface area contributed by atoms with E-state index in [2.05, 4.69) is 4.98 Å². The minimum Gasteiger partial charge on any atom is -0.395 e. The van der Waals surface area contributed by atoms with Gasteiger partial charge in [-0.3, -0.25) is 5.41 Å². The Balaban J connectivity index is 2.35. The summed E-state index contributed by atoms with van der Waals surface area (Å²) in [4.78, 5) is 6.36. The molecule has 0 radical (unpaired) electrons. The number of nitrogens with zero attached hydrogens (tertiary/aromatic N) is 2. The Morgan fingerprint density at radius 2 is 2.21 bits per heavy atom. The molecule has 1 aromatic heterocycles. The molecule has 6 heteroatoms. The number of amidine groups is 1. The zero-order valence-electron chi connectivity index (χ0n) is 10.8. The van der Waals surface area contributed by atoms with Crippen LogP contribution >= 0.6 is 11.6 Å². The van der Waals surface area contributed by atoms with Gasteiger partial charge in [0, 0.05) is 24.3 Å². The van der Waals surface area contributed by atoms with Crippen LogP contribution in [0.2, 0.25) is 5.02 Å². The zero-order chi connectivity index (χ0) is 13.8. The molecule has 1 aromatic rings. The molecule has 1 fully saturated rings. The third-order valence-electron chi connectivity index (χ3n) is 3.54.